The first-order valence-corrected chi connectivity index (χ1v) is 11.4. The molecule has 2 atom stereocenters. The van der Waals surface area contributed by atoms with Crippen LogP contribution in [0.1, 0.15) is 25.7 Å². The summed E-state index contributed by atoms with van der Waals surface area (Å²) in [5, 5.41) is 11.9. The van der Waals surface area contributed by atoms with Crippen LogP contribution in [0.3, 0.4) is 0 Å². The predicted octanol–water partition coefficient (Wildman–Crippen LogP) is 3.74. The van der Waals surface area contributed by atoms with Crippen LogP contribution in [0.2, 0.25) is 0 Å². The summed E-state index contributed by atoms with van der Waals surface area (Å²) in [5.41, 5.74) is 1.09. The highest BCUT2D eigenvalue weighted by Gasteiger charge is 2.49. The van der Waals surface area contributed by atoms with Crippen molar-refractivity contribution in [3.8, 4) is 0 Å². The van der Waals surface area contributed by atoms with Crippen LogP contribution in [0.25, 0.3) is 0 Å². The van der Waals surface area contributed by atoms with Gasteiger partial charge in [-0.3, -0.25) is 19.7 Å². The fourth-order valence-corrected chi connectivity index (χ4v) is 5.38. The molecule has 5 rings (SSSR count). The molecule has 2 saturated heterocycles. The van der Waals surface area contributed by atoms with Gasteiger partial charge in [0.25, 0.3) is 5.69 Å². The summed E-state index contributed by atoms with van der Waals surface area (Å²) in [6.45, 7) is 2.01. The van der Waals surface area contributed by atoms with Crippen LogP contribution < -0.4 is 14.7 Å². The lowest BCUT2D eigenvalue weighted by Gasteiger charge is -2.37. The highest BCUT2D eigenvalue weighted by Crippen LogP contribution is 2.42. The predicted molar refractivity (Wildman–Crippen MR) is 122 cm³/mol. The molecular formula is C24H25FN4O4. The maximum atomic E-state index is 14.1. The second-order valence-corrected chi connectivity index (χ2v) is 8.86. The van der Waals surface area contributed by atoms with E-state index in [0.717, 1.165) is 17.7 Å². The van der Waals surface area contributed by atoms with Gasteiger partial charge < -0.3 is 9.80 Å². The van der Waals surface area contributed by atoms with Gasteiger partial charge in [0.05, 0.1) is 28.1 Å². The van der Waals surface area contributed by atoms with E-state index < -0.39 is 4.92 Å². The van der Waals surface area contributed by atoms with E-state index in [4.69, 9.17) is 0 Å². The Balaban J connectivity index is 1.38. The average Bonchev–Trinajstić information content (AvgIpc) is 3.09. The summed E-state index contributed by atoms with van der Waals surface area (Å²) < 4.78 is 14.1. The van der Waals surface area contributed by atoms with Gasteiger partial charge in [-0.05, 0) is 37.1 Å². The molecule has 2 amide bonds. The Bertz CT molecular complexity index is 1090. The van der Waals surface area contributed by atoms with E-state index in [2.05, 4.69) is 0 Å². The number of nitro benzene ring substituents is 1. The van der Waals surface area contributed by atoms with Crippen molar-refractivity contribution >= 4 is 34.6 Å². The minimum atomic E-state index is -0.472. The van der Waals surface area contributed by atoms with E-state index in [1.54, 1.807) is 30.3 Å². The summed E-state index contributed by atoms with van der Waals surface area (Å²) >= 11 is 0. The average molecular weight is 452 g/mol. The molecule has 0 unspecified atom stereocenters. The highest BCUT2D eigenvalue weighted by molar-refractivity contribution is 6.22. The number of rotatable bonds is 4. The third-order valence-corrected chi connectivity index (χ3v) is 7.07. The van der Waals surface area contributed by atoms with Crippen LogP contribution in [-0.2, 0) is 9.59 Å². The molecule has 0 bridgehead atoms. The van der Waals surface area contributed by atoms with E-state index in [0.29, 0.717) is 50.4 Å². The molecule has 3 aliphatic rings. The van der Waals surface area contributed by atoms with Gasteiger partial charge in [-0.25, -0.2) is 9.29 Å². The lowest BCUT2D eigenvalue weighted by Crippen LogP contribution is -2.47. The molecule has 1 aliphatic carbocycles. The fourth-order valence-electron chi connectivity index (χ4n) is 5.38. The molecule has 33 heavy (non-hydrogen) atoms. The van der Waals surface area contributed by atoms with Gasteiger partial charge in [0.15, 0.2) is 0 Å². The number of halogens is 1. The topological polar surface area (TPSA) is 87.0 Å². The van der Waals surface area contributed by atoms with Crippen LogP contribution in [0.4, 0.5) is 27.1 Å². The number of hydrogen-bond acceptors (Lipinski definition) is 6. The van der Waals surface area contributed by atoms with Gasteiger partial charge in [-0.15, -0.1) is 0 Å². The number of imide groups is 1. The molecule has 0 radical (unpaired) electrons. The standard InChI is InChI=1S/C24H25FN4O4/c25-19-7-3-4-8-20(19)26-11-13-27(14-12-26)21-10-9-16(15-22(21)29(32)33)28-23(30)17-5-1-2-6-18(17)24(28)31/h3-4,7-10,15,17-18H,1-2,5-6,11-14H2/t17-,18+. The molecule has 2 aromatic carbocycles. The van der Waals surface area contributed by atoms with Crippen LogP contribution in [0.5, 0.6) is 0 Å². The number of carbonyl (C=O) groups excluding carboxylic acids is 2. The van der Waals surface area contributed by atoms with Gasteiger partial charge in [-0.1, -0.05) is 25.0 Å². The smallest absolute Gasteiger partial charge is 0.294 e. The first-order valence-electron chi connectivity index (χ1n) is 11.4. The zero-order valence-electron chi connectivity index (χ0n) is 18.2. The molecular weight excluding hydrogens is 427 g/mol. The summed E-state index contributed by atoms with van der Waals surface area (Å²) in [5.74, 6) is -1.40. The first-order chi connectivity index (χ1) is 16.0. The van der Waals surface area contributed by atoms with Gasteiger partial charge in [-0.2, -0.15) is 0 Å². The van der Waals surface area contributed by atoms with Crippen molar-refractivity contribution in [2.45, 2.75) is 25.7 Å². The number of fused-ring (bicyclic) bond motifs is 1. The van der Waals surface area contributed by atoms with Gasteiger partial charge in [0.1, 0.15) is 11.5 Å². The Labute approximate surface area is 190 Å². The van der Waals surface area contributed by atoms with E-state index in [-0.39, 0.29) is 40.8 Å². The highest BCUT2D eigenvalue weighted by atomic mass is 19.1. The molecule has 0 N–H and O–H groups in total. The molecule has 2 aliphatic heterocycles. The summed E-state index contributed by atoms with van der Waals surface area (Å²) in [4.78, 5) is 42.2. The van der Waals surface area contributed by atoms with Crippen LogP contribution in [0.15, 0.2) is 42.5 Å². The molecule has 1 saturated carbocycles. The zero-order valence-corrected chi connectivity index (χ0v) is 18.2. The van der Waals surface area contributed by atoms with Gasteiger partial charge in [0.2, 0.25) is 11.8 Å². The molecule has 2 aromatic rings. The maximum Gasteiger partial charge on any atom is 0.294 e. The summed E-state index contributed by atoms with van der Waals surface area (Å²) in [6, 6.07) is 11.2. The first kappa shape index (κ1) is 21.4. The zero-order chi connectivity index (χ0) is 23.1. The second kappa shape index (κ2) is 8.46. The van der Waals surface area contributed by atoms with Crippen molar-refractivity contribution < 1.29 is 18.9 Å². The van der Waals surface area contributed by atoms with E-state index in [1.807, 2.05) is 9.80 Å². The van der Waals surface area contributed by atoms with E-state index in [1.165, 1.54) is 12.1 Å². The van der Waals surface area contributed by atoms with Crippen molar-refractivity contribution in [3.63, 3.8) is 0 Å². The number of hydrogen-bond donors (Lipinski definition) is 0. The number of piperazine rings is 1. The Morgan fingerprint density at radius 3 is 2.00 bits per heavy atom. The van der Waals surface area contributed by atoms with E-state index >= 15 is 0 Å². The monoisotopic (exact) mass is 452 g/mol. The minimum Gasteiger partial charge on any atom is -0.366 e. The largest absolute Gasteiger partial charge is 0.366 e. The van der Waals surface area contributed by atoms with E-state index in [9.17, 15) is 24.1 Å². The fraction of sp³-hybridized carbons (Fsp3) is 0.417. The molecule has 3 fully saturated rings. The Kier molecular flexibility index (Phi) is 5.47. The Morgan fingerprint density at radius 1 is 0.848 bits per heavy atom. The lowest BCUT2D eigenvalue weighted by molar-refractivity contribution is -0.384. The van der Waals surface area contributed by atoms with Crippen molar-refractivity contribution in [3.05, 3.63) is 58.4 Å². The number of nitrogens with zero attached hydrogens (tertiary/aromatic N) is 4. The maximum absolute atomic E-state index is 14.1. The van der Waals surface area contributed by atoms with Crippen molar-refractivity contribution in [2.24, 2.45) is 11.8 Å². The number of benzene rings is 2. The van der Waals surface area contributed by atoms with Crippen molar-refractivity contribution in [1.82, 2.24) is 0 Å². The summed E-state index contributed by atoms with van der Waals surface area (Å²) in [6.07, 6.45) is 3.23. The van der Waals surface area contributed by atoms with Crippen LogP contribution in [-0.4, -0.2) is 42.9 Å². The number of para-hydroxylation sites is 1. The number of amides is 2. The van der Waals surface area contributed by atoms with Crippen molar-refractivity contribution in [1.29, 1.82) is 0 Å². The normalized spacial score (nSPS) is 23.1. The third-order valence-electron chi connectivity index (χ3n) is 7.07. The molecule has 0 spiro atoms. The second-order valence-electron chi connectivity index (χ2n) is 8.86. The molecule has 0 aromatic heterocycles. The molecule has 2 heterocycles. The summed E-state index contributed by atoms with van der Waals surface area (Å²) in [7, 11) is 0. The Hall–Kier alpha value is -3.49. The molecule has 8 nitrogen and oxygen atoms in total. The quantitative estimate of drug-likeness (QED) is 0.399. The van der Waals surface area contributed by atoms with Crippen LogP contribution >= 0.6 is 0 Å². The number of carbonyl (C=O) groups is 2. The van der Waals surface area contributed by atoms with Crippen LogP contribution in [0, 0.1) is 27.8 Å². The molecule has 172 valence electrons. The van der Waals surface area contributed by atoms with Crippen molar-refractivity contribution in [2.75, 3.05) is 40.9 Å². The Morgan fingerprint density at radius 2 is 1.42 bits per heavy atom. The number of anilines is 3. The van der Waals surface area contributed by atoms with Gasteiger partial charge in [0, 0.05) is 32.2 Å². The number of nitro groups is 1. The SMILES string of the molecule is O=C1[C@H]2CCCC[C@H]2C(=O)N1c1ccc(N2CCN(c3ccccc3F)CC2)c([N+](=O)[O-])c1. The minimum absolute atomic E-state index is 0.137. The van der Waals surface area contributed by atoms with Gasteiger partial charge >= 0.3 is 0 Å². The third kappa shape index (κ3) is 3.71. The lowest BCUT2D eigenvalue weighted by atomic mass is 9.81. The molecule has 9 heteroatoms.